The Balaban J connectivity index is 1.99. The summed E-state index contributed by atoms with van der Waals surface area (Å²) in [5.41, 5.74) is 3.87. The van der Waals surface area contributed by atoms with Crippen molar-refractivity contribution in [3.05, 3.63) is 44.2 Å². The molecular weight excluding hydrogens is 308 g/mol. The molecule has 0 spiro atoms. The van der Waals surface area contributed by atoms with Crippen LogP contribution in [0, 0.1) is 13.8 Å². The summed E-state index contributed by atoms with van der Waals surface area (Å²) in [5, 5.41) is 1.32. The van der Waals surface area contributed by atoms with Gasteiger partial charge in [0.2, 0.25) is 0 Å². The second-order valence-corrected chi connectivity index (χ2v) is 7.35. The minimum Gasteiger partial charge on any atom is -0.358 e. The number of nitrogens with one attached hydrogen (secondary N) is 1. The Morgan fingerprint density at radius 3 is 2.61 bits per heavy atom. The number of fused-ring (bicyclic) bond motifs is 1. The van der Waals surface area contributed by atoms with Crippen molar-refractivity contribution in [3.8, 4) is 0 Å². The van der Waals surface area contributed by atoms with Crippen molar-refractivity contribution in [2.75, 3.05) is 7.05 Å². The van der Waals surface area contributed by atoms with Crippen molar-refractivity contribution in [1.29, 1.82) is 0 Å². The number of aryl methyl sites for hydroxylation is 2. The molecule has 1 aromatic carbocycles. The fourth-order valence-electron chi connectivity index (χ4n) is 3.77. The molecule has 1 aromatic heterocycles. The predicted octanol–water partition coefficient (Wildman–Crippen LogP) is 4.56. The summed E-state index contributed by atoms with van der Waals surface area (Å²) in [4.78, 5) is 18.7. The lowest BCUT2D eigenvalue weighted by Gasteiger charge is -2.31. The van der Waals surface area contributed by atoms with Gasteiger partial charge in [-0.2, -0.15) is 0 Å². The van der Waals surface area contributed by atoms with Crippen LogP contribution >= 0.6 is 11.6 Å². The van der Waals surface area contributed by atoms with Crippen LogP contribution < -0.4 is 5.43 Å². The van der Waals surface area contributed by atoms with Gasteiger partial charge in [0.25, 0.3) is 0 Å². The lowest BCUT2D eigenvalue weighted by Crippen LogP contribution is -2.34. The third kappa shape index (κ3) is 3.31. The number of aromatic amines is 1. The molecule has 0 atom stereocenters. The molecule has 2 aromatic rings. The van der Waals surface area contributed by atoms with Gasteiger partial charge in [-0.3, -0.25) is 9.69 Å². The van der Waals surface area contributed by atoms with E-state index in [1.807, 2.05) is 19.9 Å². The van der Waals surface area contributed by atoms with Gasteiger partial charge in [-0.25, -0.2) is 0 Å². The molecule has 4 heteroatoms. The summed E-state index contributed by atoms with van der Waals surface area (Å²) in [6.45, 7) is 4.68. The Kier molecular flexibility index (Phi) is 4.79. The Labute approximate surface area is 142 Å². The summed E-state index contributed by atoms with van der Waals surface area (Å²) < 4.78 is 0. The highest BCUT2D eigenvalue weighted by molar-refractivity contribution is 6.31. The summed E-state index contributed by atoms with van der Waals surface area (Å²) >= 11 is 6.15. The molecule has 1 saturated carbocycles. The zero-order valence-corrected chi connectivity index (χ0v) is 15.0. The second-order valence-electron chi connectivity index (χ2n) is 6.91. The SMILES string of the molecule is Cc1[nH]c2c(C)cc(Cl)cc2c(=O)c1CN(C)C1CCCCC1. The van der Waals surface area contributed by atoms with Gasteiger partial charge in [-0.15, -0.1) is 0 Å². The number of halogens is 1. The smallest absolute Gasteiger partial charge is 0.194 e. The quantitative estimate of drug-likeness (QED) is 0.894. The van der Waals surface area contributed by atoms with E-state index in [-0.39, 0.29) is 5.43 Å². The highest BCUT2D eigenvalue weighted by atomic mass is 35.5. The zero-order valence-electron chi connectivity index (χ0n) is 14.2. The first kappa shape index (κ1) is 16.5. The molecule has 0 saturated heterocycles. The molecule has 0 aliphatic heterocycles. The number of rotatable bonds is 3. The van der Waals surface area contributed by atoms with E-state index < -0.39 is 0 Å². The molecule has 0 radical (unpaired) electrons. The van der Waals surface area contributed by atoms with Gasteiger partial charge >= 0.3 is 0 Å². The highest BCUT2D eigenvalue weighted by Crippen LogP contribution is 2.24. The Morgan fingerprint density at radius 2 is 1.91 bits per heavy atom. The molecule has 1 heterocycles. The van der Waals surface area contributed by atoms with Crippen LogP contribution in [0.4, 0.5) is 0 Å². The minimum absolute atomic E-state index is 0.115. The molecule has 3 rings (SSSR count). The van der Waals surface area contributed by atoms with E-state index >= 15 is 0 Å². The van der Waals surface area contributed by atoms with Crippen LogP contribution in [0.1, 0.15) is 48.9 Å². The Hall–Kier alpha value is -1.32. The van der Waals surface area contributed by atoms with Gasteiger partial charge in [0.05, 0.1) is 5.52 Å². The molecule has 3 nitrogen and oxygen atoms in total. The Bertz CT molecular complexity index is 775. The van der Waals surface area contributed by atoms with Gasteiger partial charge in [-0.05, 0) is 51.4 Å². The molecule has 1 aliphatic carbocycles. The van der Waals surface area contributed by atoms with Crippen LogP contribution in [0.2, 0.25) is 5.02 Å². The molecule has 0 unspecified atom stereocenters. The average Bonchev–Trinajstić information content (AvgIpc) is 2.53. The largest absolute Gasteiger partial charge is 0.358 e. The number of pyridine rings is 1. The van der Waals surface area contributed by atoms with Crippen molar-refractivity contribution in [2.45, 2.75) is 58.5 Å². The van der Waals surface area contributed by atoms with E-state index in [2.05, 4.69) is 16.9 Å². The first-order valence-electron chi connectivity index (χ1n) is 8.49. The van der Waals surface area contributed by atoms with E-state index in [0.717, 1.165) is 22.3 Å². The molecule has 0 amide bonds. The van der Waals surface area contributed by atoms with Crippen molar-refractivity contribution in [1.82, 2.24) is 9.88 Å². The number of H-pyrrole nitrogens is 1. The van der Waals surface area contributed by atoms with Gasteiger partial charge in [0.15, 0.2) is 5.43 Å². The fourth-order valence-corrected chi connectivity index (χ4v) is 4.05. The van der Waals surface area contributed by atoms with E-state index in [0.29, 0.717) is 23.0 Å². The van der Waals surface area contributed by atoms with Crippen LogP contribution in [-0.4, -0.2) is 23.0 Å². The summed E-state index contributed by atoms with van der Waals surface area (Å²) in [7, 11) is 2.14. The minimum atomic E-state index is 0.115. The van der Waals surface area contributed by atoms with Crippen molar-refractivity contribution in [2.24, 2.45) is 0 Å². The number of nitrogens with zero attached hydrogens (tertiary/aromatic N) is 1. The summed E-state index contributed by atoms with van der Waals surface area (Å²) in [6.07, 6.45) is 6.43. The number of aromatic nitrogens is 1. The maximum absolute atomic E-state index is 13.0. The molecule has 1 N–H and O–H groups in total. The Morgan fingerprint density at radius 1 is 1.22 bits per heavy atom. The van der Waals surface area contributed by atoms with Gasteiger partial charge in [0, 0.05) is 34.3 Å². The first-order chi connectivity index (χ1) is 11.0. The lowest BCUT2D eigenvalue weighted by molar-refractivity contribution is 0.184. The zero-order chi connectivity index (χ0) is 16.6. The van der Waals surface area contributed by atoms with Crippen LogP contribution in [0.3, 0.4) is 0 Å². The lowest BCUT2D eigenvalue weighted by atomic mass is 9.94. The number of hydrogen-bond donors (Lipinski definition) is 1. The van der Waals surface area contributed by atoms with E-state index in [4.69, 9.17) is 11.6 Å². The maximum atomic E-state index is 13.0. The number of benzene rings is 1. The standard InChI is InChI=1S/C19H25ClN2O/c1-12-9-14(20)10-16-18(12)21-13(2)17(19(16)23)11-22(3)15-7-5-4-6-8-15/h9-10,15H,4-8,11H2,1-3H3,(H,21,23). The predicted molar refractivity (Wildman–Crippen MR) is 97.4 cm³/mol. The number of hydrogen-bond acceptors (Lipinski definition) is 2. The summed E-state index contributed by atoms with van der Waals surface area (Å²) in [5.74, 6) is 0. The van der Waals surface area contributed by atoms with Crippen molar-refractivity contribution < 1.29 is 0 Å². The topological polar surface area (TPSA) is 36.1 Å². The normalized spacial score (nSPS) is 16.4. The van der Waals surface area contributed by atoms with Crippen molar-refractivity contribution in [3.63, 3.8) is 0 Å². The highest BCUT2D eigenvalue weighted by Gasteiger charge is 2.20. The van der Waals surface area contributed by atoms with E-state index in [1.54, 1.807) is 6.07 Å². The van der Waals surface area contributed by atoms with Crippen LogP contribution in [-0.2, 0) is 6.54 Å². The van der Waals surface area contributed by atoms with Gasteiger partial charge in [-0.1, -0.05) is 30.9 Å². The third-order valence-corrected chi connectivity index (χ3v) is 5.41. The van der Waals surface area contributed by atoms with Crippen LogP contribution in [0.25, 0.3) is 10.9 Å². The van der Waals surface area contributed by atoms with E-state index in [9.17, 15) is 4.79 Å². The van der Waals surface area contributed by atoms with Gasteiger partial charge < -0.3 is 4.98 Å². The maximum Gasteiger partial charge on any atom is 0.194 e. The van der Waals surface area contributed by atoms with Crippen LogP contribution in [0.15, 0.2) is 16.9 Å². The van der Waals surface area contributed by atoms with Crippen molar-refractivity contribution >= 4 is 22.5 Å². The van der Waals surface area contributed by atoms with Gasteiger partial charge in [0.1, 0.15) is 0 Å². The molecule has 1 aliphatic rings. The fraction of sp³-hybridized carbons (Fsp3) is 0.526. The monoisotopic (exact) mass is 332 g/mol. The molecule has 0 bridgehead atoms. The molecular formula is C19H25ClN2O. The first-order valence-corrected chi connectivity index (χ1v) is 8.87. The summed E-state index contributed by atoms with van der Waals surface area (Å²) in [6, 6.07) is 4.28. The second kappa shape index (κ2) is 6.66. The van der Waals surface area contributed by atoms with E-state index in [1.165, 1.54) is 32.1 Å². The third-order valence-electron chi connectivity index (χ3n) is 5.19. The average molecular weight is 333 g/mol. The molecule has 1 fully saturated rings. The molecule has 124 valence electrons. The van der Waals surface area contributed by atoms with Crippen LogP contribution in [0.5, 0.6) is 0 Å². The molecule has 23 heavy (non-hydrogen) atoms.